The molecule has 4 heteroatoms. The first kappa shape index (κ1) is 16.6. The van der Waals surface area contributed by atoms with Gasteiger partial charge in [-0.15, -0.1) is 0 Å². The number of ketones is 1. The van der Waals surface area contributed by atoms with Gasteiger partial charge in [-0.05, 0) is 30.7 Å². The highest BCUT2D eigenvalue weighted by atomic mass is 16.5. The van der Waals surface area contributed by atoms with Crippen LogP contribution in [0.3, 0.4) is 0 Å². The number of aliphatic hydroxyl groups is 1. The molecule has 0 radical (unpaired) electrons. The van der Waals surface area contributed by atoms with Crippen molar-refractivity contribution in [2.45, 2.75) is 38.2 Å². The molecule has 1 saturated heterocycles. The smallest absolute Gasteiger partial charge is 0.166 e. The van der Waals surface area contributed by atoms with Crippen LogP contribution >= 0.6 is 0 Å². The van der Waals surface area contributed by atoms with Crippen molar-refractivity contribution in [3.63, 3.8) is 0 Å². The van der Waals surface area contributed by atoms with Crippen LogP contribution in [0.5, 0.6) is 0 Å². The third-order valence-corrected chi connectivity index (χ3v) is 7.89. The molecule has 4 bridgehead atoms. The fourth-order valence-electron chi connectivity index (χ4n) is 6.46. The Bertz CT molecular complexity index is 776. The van der Waals surface area contributed by atoms with Crippen molar-refractivity contribution >= 4 is 11.5 Å². The van der Waals surface area contributed by atoms with Gasteiger partial charge >= 0.3 is 0 Å². The number of ether oxygens (including phenoxy) is 1. The molecule has 0 aromatic heterocycles. The summed E-state index contributed by atoms with van der Waals surface area (Å²) in [4.78, 5) is 13.5. The Morgan fingerprint density at radius 3 is 2.50 bits per heavy atom. The predicted molar refractivity (Wildman–Crippen MR) is 98.4 cm³/mol. The van der Waals surface area contributed by atoms with Gasteiger partial charge in [-0.1, -0.05) is 37.3 Å². The Morgan fingerprint density at radius 2 is 1.81 bits per heavy atom. The number of Topliss-reactive ketones (excluding diaryl/α,β-unsaturated/α-hetero) is 1. The fraction of sp³-hybridized carbons (Fsp3) is 0.636. The van der Waals surface area contributed by atoms with Gasteiger partial charge in [-0.25, -0.2) is 4.58 Å². The Morgan fingerprint density at radius 1 is 1.12 bits per heavy atom. The van der Waals surface area contributed by atoms with Gasteiger partial charge in [-0.3, -0.25) is 4.79 Å². The summed E-state index contributed by atoms with van der Waals surface area (Å²) in [6, 6.07) is 10.4. The number of carbonyl (C=O) groups is 1. The molecule has 0 amide bonds. The lowest BCUT2D eigenvalue weighted by Crippen LogP contribution is -2.72. The van der Waals surface area contributed by atoms with Gasteiger partial charge in [0.1, 0.15) is 13.2 Å². The zero-order chi connectivity index (χ0) is 18.1. The summed E-state index contributed by atoms with van der Waals surface area (Å²) in [5, 5.41) is 11.5. The van der Waals surface area contributed by atoms with Gasteiger partial charge in [0.2, 0.25) is 0 Å². The molecule has 1 aliphatic heterocycles. The van der Waals surface area contributed by atoms with Gasteiger partial charge in [0.25, 0.3) is 0 Å². The summed E-state index contributed by atoms with van der Waals surface area (Å²) in [5.41, 5.74) is 1.43. The minimum Gasteiger partial charge on any atom is -0.389 e. The molecule has 4 aliphatic carbocycles. The fourth-order valence-corrected chi connectivity index (χ4v) is 6.46. The summed E-state index contributed by atoms with van der Waals surface area (Å²) in [5.74, 6) is 0.390. The highest BCUT2D eigenvalue weighted by Crippen LogP contribution is 2.66. The molecular weight excluding hydrogens is 326 g/mol. The van der Waals surface area contributed by atoms with Gasteiger partial charge < -0.3 is 9.84 Å². The van der Waals surface area contributed by atoms with Crippen LogP contribution in [0.15, 0.2) is 30.3 Å². The summed E-state index contributed by atoms with van der Waals surface area (Å²) >= 11 is 0. The van der Waals surface area contributed by atoms with Gasteiger partial charge in [0, 0.05) is 11.8 Å². The standard InChI is InChI=1S/C22H28NO3/c1-21-12-15-17(14-6-4-3-5-7-14)18(22(21,2)25)20(24)16(13-21)19(15)23-8-10-26-11-9-23/h3-7,15-18,25H,8-13H2,1-2H3/q+1/t15-,16-,17?,18+,21-,22?/m0/s1. The lowest BCUT2D eigenvalue weighted by atomic mass is 9.39. The summed E-state index contributed by atoms with van der Waals surface area (Å²) in [6.45, 7) is 7.36. The average Bonchev–Trinajstić information content (AvgIpc) is 2.64. The molecule has 4 saturated carbocycles. The molecule has 1 N–H and O–H groups in total. The number of nitrogens with zero attached hydrogens (tertiary/aromatic N) is 1. The van der Waals surface area contributed by atoms with Crippen LogP contribution in [0, 0.1) is 23.2 Å². The maximum absolute atomic E-state index is 13.5. The van der Waals surface area contributed by atoms with Crippen molar-refractivity contribution in [3.8, 4) is 0 Å². The van der Waals surface area contributed by atoms with Crippen LogP contribution in [-0.4, -0.2) is 53.1 Å². The van der Waals surface area contributed by atoms with Crippen molar-refractivity contribution in [1.82, 2.24) is 0 Å². The largest absolute Gasteiger partial charge is 0.389 e. The number of carbonyl (C=O) groups excluding carboxylic acids is 1. The Balaban J connectivity index is 1.70. The highest BCUT2D eigenvalue weighted by Gasteiger charge is 2.72. The number of benzene rings is 1. The van der Waals surface area contributed by atoms with E-state index in [4.69, 9.17) is 4.74 Å². The molecule has 6 atom stereocenters. The molecule has 5 fully saturated rings. The van der Waals surface area contributed by atoms with Crippen molar-refractivity contribution in [2.75, 3.05) is 26.3 Å². The molecule has 5 aliphatic rings. The first-order valence-electron chi connectivity index (χ1n) is 9.94. The van der Waals surface area contributed by atoms with E-state index in [1.165, 1.54) is 11.3 Å². The SMILES string of the molecule is CC1(O)[C@H]2C(=O)[C@H]3C[C@]1(C)C[C@H](C3=[N+]1CCOCC1)C2c1ccccc1. The number of morpholine rings is 1. The van der Waals surface area contributed by atoms with E-state index >= 15 is 0 Å². The molecule has 138 valence electrons. The highest BCUT2D eigenvalue weighted by molar-refractivity contribution is 6.10. The molecule has 4 nitrogen and oxygen atoms in total. The minimum atomic E-state index is -0.936. The second-order valence-corrected chi connectivity index (χ2v) is 9.12. The Kier molecular flexibility index (Phi) is 3.51. The summed E-state index contributed by atoms with van der Waals surface area (Å²) in [6.07, 6.45) is 1.76. The van der Waals surface area contributed by atoms with Gasteiger partial charge in [0.15, 0.2) is 24.6 Å². The van der Waals surface area contributed by atoms with Crippen molar-refractivity contribution < 1.29 is 19.2 Å². The minimum absolute atomic E-state index is 0.0120. The number of hydrogen-bond donors (Lipinski definition) is 1. The normalized spacial score (nSPS) is 44.7. The lowest BCUT2D eigenvalue weighted by Gasteiger charge is -2.64. The van der Waals surface area contributed by atoms with Crippen LogP contribution in [0.2, 0.25) is 0 Å². The molecular formula is C22H28NO3+. The maximum Gasteiger partial charge on any atom is 0.166 e. The molecule has 0 spiro atoms. The quantitative estimate of drug-likeness (QED) is 0.787. The van der Waals surface area contributed by atoms with Crippen molar-refractivity contribution in [3.05, 3.63) is 35.9 Å². The van der Waals surface area contributed by atoms with Crippen molar-refractivity contribution in [1.29, 1.82) is 0 Å². The molecule has 26 heavy (non-hydrogen) atoms. The number of rotatable bonds is 1. The molecule has 1 heterocycles. The molecule has 1 aromatic carbocycles. The molecule has 6 rings (SSSR count). The van der Waals surface area contributed by atoms with Gasteiger partial charge in [0.05, 0.1) is 17.4 Å². The first-order chi connectivity index (χ1) is 12.4. The first-order valence-corrected chi connectivity index (χ1v) is 9.94. The van der Waals surface area contributed by atoms with E-state index in [9.17, 15) is 9.90 Å². The molecule has 1 aromatic rings. The van der Waals surface area contributed by atoms with E-state index in [1.54, 1.807) is 0 Å². The molecule has 2 unspecified atom stereocenters. The van der Waals surface area contributed by atoms with Crippen LogP contribution in [-0.2, 0) is 9.53 Å². The van der Waals surface area contributed by atoms with E-state index < -0.39 is 5.60 Å². The second kappa shape index (κ2) is 5.49. The Hall–Kier alpha value is -1.52. The van der Waals surface area contributed by atoms with Crippen LogP contribution < -0.4 is 0 Å². The third kappa shape index (κ3) is 2.03. The lowest BCUT2D eigenvalue weighted by molar-refractivity contribution is -0.554. The zero-order valence-electron chi connectivity index (χ0n) is 15.6. The van der Waals surface area contributed by atoms with E-state index in [1.807, 2.05) is 13.0 Å². The Labute approximate surface area is 154 Å². The third-order valence-electron chi connectivity index (χ3n) is 7.89. The average molecular weight is 354 g/mol. The van der Waals surface area contributed by atoms with Crippen LogP contribution in [0.4, 0.5) is 0 Å². The van der Waals surface area contributed by atoms with E-state index in [-0.39, 0.29) is 29.0 Å². The monoisotopic (exact) mass is 354 g/mol. The second-order valence-electron chi connectivity index (χ2n) is 9.12. The number of hydrogen-bond acceptors (Lipinski definition) is 3. The van der Waals surface area contributed by atoms with Crippen molar-refractivity contribution in [2.24, 2.45) is 23.2 Å². The van der Waals surface area contributed by atoms with E-state index in [0.717, 1.165) is 39.1 Å². The maximum atomic E-state index is 13.5. The topological polar surface area (TPSA) is 49.5 Å². The summed E-state index contributed by atoms with van der Waals surface area (Å²) < 4.78 is 7.99. The predicted octanol–water partition coefficient (Wildman–Crippen LogP) is 2.25. The van der Waals surface area contributed by atoms with Crippen LogP contribution in [0.1, 0.15) is 38.2 Å². The van der Waals surface area contributed by atoms with Gasteiger partial charge in [-0.2, -0.15) is 0 Å². The van der Waals surface area contributed by atoms with E-state index in [0.29, 0.717) is 5.92 Å². The van der Waals surface area contributed by atoms with E-state index in [2.05, 4.69) is 35.8 Å². The summed E-state index contributed by atoms with van der Waals surface area (Å²) in [7, 11) is 0. The van der Waals surface area contributed by atoms with Crippen LogP contribution in [0.25, 0.3) is 0 Å². The zero-order valence-corrected chi connectivity index (χ0v) is 15.6.